The van der Waals surface area contributed by atoms with Crippen LogP contribution in [0.1, 0.15) is 36.0 Å². The van der Waals surface area contributed by atoms with Crippen molar-refractivity contribution in [3.8, 4) is 0 Å². The smallest absolute Gasteiger partial charge is 0.273 e. The Labute approximate surface area is 107 Å². The van der Waals surface area contributed by atoms with Crippen molar-refractivity contribution in [3.63, 3.8) is 0 Å². The normalized spacial score (nSPS) is 23.9. The van der Waals surface area contributed by atoms with Gasteiger partial charge in [-0.25, -0.2) is 4.98 Å². The number of hydrogen-bond donors (Lipinski definition) is 2. The third kappa shape index (κ3) is 3.44. The predicted molar refractivity (Wildman–Crippen MR) is 66.4 cm³/mol. The molecule has 0 bridgehead atoms. The van der Waals surface area contributed by atoms with Crippen molar-refractivity contribution >= 4 is 18.3 Å². The van der Waals surface area contributed by atoms with Crippen LogP contribution < -0.4 is 10.6 Å². The van der Waals surface area contributed by atoms with E-state index in [1.165, 1.54) is 6.39 Å². The van der Waals surface area contributed by atoms with Crippen LogP contribution in [-0.4, -0.2) is 29.5 Å². The van der Waals surface area contributed by atoms with E-state index in [-0.39, 0.29) is 24.4 Å². The molecule has 2 atom stereocenters. The molecule has 0 aliphatic carbocycles. The van der Waals surface area contributed by atoms with Gasteiger partial charge in [0.1, 0.15) is 5.76 Å². The number of halogens is 1. The third-order valence-corrected chi connectivity index (χ3v) is 2.92. The predicted octanol–water partition coefficient (Wildman–Crippen LogP) is 1.28. The maximum atomic E-state index is 11.8. The zero-order valence-corrected chi connectivity index (χ0v) is 10.8. The van der Waals surface area contributed by atoms with Crippen molar-refractivity contribution in [2.24, 2.45) is 0 Å². The molecule has 1 saturated heterocycles. The van der Waals surface area contributed by atoms with Crippen LogP contribution in [0, 0.1) is 6.92 Å². The van der Waals surface area contributed by atoms with Crippen LogP contribution in [0.4, 0.5) is 0 Å². The molecule has 0 saturated carbocycles. The number of nitrogens with one attached hydrogen (secondary N) is 2. The first-order valence-corrected chi connectivity index (χ1v) is 5.61. The van der Waals surface area contributed by atoms with Crippen LogP contribution in [-0.2, 0) is 0 Å². The number of carbonyl (C=O) groups excluding carboxylic acids is 1. The summed E-state index contributed by atoms with van der Waals surface area (Å²) in [7, 11) is 0. The molecule has 2 heterocycles. The molecule has 2 rings (SSSR count). The highest BCUT2D eigenvalue weighted by Gasteiger charge is 2.22. The second-order valence-electron chi connectivity index (χ2n) is 4.31. The standard InChI is InChI=1S/C11H17N3O2.ClH/c1-7-5-9(3-4-12-7)14-11(15)10-8(2)16-6-13-10;/h6-7,9,12H,3-5H2,1-2H3,(H,14,15);1H. The lowest BCUT2D eigenvalue weighted by atomic mass is 10.0. The first-order chi connectivity index (χ1) is 7.66. The van der Waals surface area contributed by atoms with Crippen molar-refractivity contribution < 1.29 is 9.21 Å². The third-order valence-electron chi connectivity index (χ3n) is 2.92. The number of oxazole rings is 1. The maximum Gasteiger partial charge on any atom is 0.273 e. The summed E-state index contributed by atoms with van der Waals surface area (Å²) in [6, 6.07) is 0.692. The topological polar surface area (TPSA) is 67.2 Å². The monoisotopic (exact) mass is 259 g/mol. The van der Waals surface area contributed by atoms with Crippen LogP contribution in [0.5, 0.6) is 0 Å². The van der Waals surface area contributed by atoms with E-state index in [0.29, 0.717) is 17.5 Å². The minimum atomic E-state index is -0.134. The number of aryl methyl sites for hydroxylation is 1. The summed E-state index contributed by atoms with van der Waals surface area (Å²) < 4.78 is 5.01. The van der Waals surface area contributed by atoms with Crippen LogP contribution in [0.2, 0.25) is 0 Å². The van der Waals surface area contributed by atoms with E-state index < -0.39 is 0 Å². The zero-order valence-electron chi connectivity index (χ0n) is 10.0. The van der Waals surface area contributed by atoms with Gasteiger partial charge in [-0.3, -0.25) is 4.79 Å². The summed E-state index contributed by atoms with van der Waals surface area (Å²) in [5.74, 6) is 0.435. The molecule has 0 spiro atoms. The van der Waals surface area contributed by atoms with Gasteiger partial charge >= 0.3 is 0 Å². The molecule has 1 aromatic rings. The largest absolute Gasteiger partial charge is 0.448 e. The number of aromatic nitrogens is 1. The Morgan fingerprint density at radius 1 is 1.65 bits per heavy atom. The average molecular weight is 260 g/mol. The van der Waals surface area contributed by atoms with Crippen molar-refractivity contribution in [2.75, 3.05) is 6.54 Å². The fourth-order valence-corrected chi connectivity index (χ4v) is 2.04. The number of amides is 1. The number of hydrogen-bond acceptors (Lipinski definition) is 4. The van der Waals surface area contributed by atoms with Gasteiger partial charge in [0.05, 0.1) is 0 Å². The highest BCUT2D eigenvalue weighted by atomic mass is 35.5. The lowest BCUT2D eigenvalue weighted by molar-refractivity contribution is 0.0919. The van der Waals surface area contributed by atoms with E-state index >= 15 is 0 Å². The van der Waals surface area contributed by atoms with Crippen LogP contribution in [0.25, 0.3) is 0 Å². The lowest BCUT2D eigenvalue weighted by Gasteiger charge is -2.28. The quantitative estimate of drug-likeness (QED) is 0.840. The Kier molecular flexibility index (Phi) is 4.96. The molecule has 2 N–H and O–H groups in total. The Balaban J connectivity index is 0.00000144. The molecule has 0 aromatic carbocycles. The molecule has 96 valence electrons. The molecule has 0 radical (unpaired) electrons. The summed E-state index contributed by atoms with van der Waals surface area (Å²) in [6.07, 6.45) is 3.23. The Morgan fingerprint density at radius 2 is 2.41 bits per heavy atom. The minimum absolute atomic E-state index is 0. The van der Waals surface area contributed by atoms with E-state index in [9.17, 15) is 4.79 Å². The van der Waals surface area contributed by atoms with Gasteiger partial charge in [0, 0.05) is 12.1 Å². The number of carbonyl (C=O) groups is 1. The molecule has 5 nitrogen and oxygen atoms in total. The van der Waals surface area contributed by atoms with Crippen molar-refractivity contribution in [2.45, 2.75) is 38.8 Å². The van der Waals surface area contributed by atoms with Gasteiger partial charge in [-0.05, 0) is 33.2 Å². The summed E-state index contributed by atoms with van der Waals surface area (Å²) in [5.41, 5.74) is 0.395. The van der Waals surface area contributed by atoms with Crippen LogP contribution in [0.3, 0.4) is 0 Å². The van der Waals surface area contributed by atoms with Crippen LogP contribution >= 0.6 is 12.4 Å². The van der Waals surface area contributed by atoms with Crippen LogP contribution in [0.15, 0.2) is 10.8 Å². The second kappa shape index (κ2) is 6.02. The number of piperidine rings is 1. The van der Waals surface area contributed by atoms with Gasteiger partial charge in [-0.1, -0.05) is 0 Å². The fraction of sp³-hybridized carbons (Fsp3) is 0.636. The van der Waals surface area contributed by atoms with Crippen molar-refractivity contribution in [3.05, 3.63) is 17.8 Å². The van der Waals surface area contributed by atoms with Crippen molar-refractivity contribution in [1.29, 1.82) is 0 Å². The Bertz CT molecular complexity index is 381. The van der Waals surface area contributed by atoms with Gasteiger partial charge in [0.25, 0.3) is 5.91 Å². The molecule has 1 aliphatic heterocycles. The molecule has 1 aliphatic rings. The van der Waals surface area contributed by atoms with Gasteiger partial charge < -0.3 is 15.1 Å². The van der Waals surface area contributed by atoms with E-state index in [2.05, 4.69) is 22.5 Å². The zero-order chi connectivity index (χ0) is 11.5. The minimum Gasteiger partial charge on any atom is -0.448 e. The van der Waals surface area contributed by atoms with E-state index in [0.717, 1.165) is 19.4 Å². The first kappa shape index (κ1) is 14.0. The van der Waals surface area contributed by atoms with E-state index in [4.69, 9.17) is 4.42 Å². The molecule has 1 fully saturated rings. The van der Waals surface area contributed by atoms with E-state index in [1.54, 1.807) is 6.92 Å². The van der Waals surface area contributed by atoms with Gasteiger partial charge in [-0.2, -0.15) is 0 Å². The molecule has 1 amide bonds. The fourth-order valence-electron chi connectivity index (χ4n) is 2.04. The number of rotatable bonds is 2. The molecule has 1 aromatic heterocycles. The van der Waals surface area contributed by atoms with Gasteiger partial charge in [0.15, 0.2) is 12.1 Å². The van der Waals surface area contributed by atoms with Gasteiger partial charge in [-0.15, -0.1) is 12.4 Å². The summed E-state index contributed by atoms with van der Waals surface area (Å²) in [6.45, 7) is 4.82. The summed E-state index contributed by atoms with van der Waals surface area (Å²) >= 11 is 0. The van der Waals surface area contributed by atoms with E-state index in [1.807, 2.05) is 0 Å². The summed E-state index contributed by atoms with van der Waals surface area (Å²) in [4.78, 5) is 15.8. The maximum absolute atomic E-state index is 11.8. The Morgan fingerprint density at radius 3 is 3.00 bits per heavy atom. The van der Waals surface area contributed by atoms with Gasteiger partial charge in [0.2, 0.25) is 0 Å². The SMILES string of the molecule is Cc1ocnc1C(=O)NC1CCNC(C)C1.Cl. The highest BCUT2D eigenvalue weighted by Crippen LogP contribution is 2.10. The molecule has 17 heavy (non-hydrogen) atoms. The first-order valence-electron chi connectivity index (χ1n) is 5.61. The molecular weight excluding hydrogens is 242 g/mol. The number of nitrogens with zero attached hydrogens (tertiary/aromatic N) is 1. The lowest BCUT2D eigenvalue weighted by Crippen LogP contribution is -2.46. The molecular formula is C11H18ClN3O2. The van der Waals surface area contributed by atoms with Crippen molar-refractivity contribution in [1.82, 2.24) is 15.6 Å². The molecule has 6 heteroatoms. The average Bonchev–Trinajstić information content (AvgIpc) is 2.64. The molecule has 2 unspecified atom stereocenters. The summed E-state index contributed by atoms with van der Waals surface area (Å²) in [5, 5.41) is 6.34. The second-order valence-corrected chi connectivity index (χ2v) is 4.31. The Hall–Kier alpha value is -1.07. The highest BCUT2D eigenvalue weighted by molar-refractivity contribution is 5.93.